The van der Waals surface area contributed by atoms with E-state index in [0.29, 0.717) is 41.7 Å². The molecule has 0 bridgehead atoms. The number of piperidine rings is 1. The van der Waals surface area contributed by atoms with Gasteiger partial charge in [-0.05, 0) is 49.6 Å². The zero-order chi connectivity index (χ0) is 20.6. The van der Waals surface area contributed by atoms with Crippen LogP contribution in [-0.4, -0.2) is 44.0 Å². The summed E-state index contributed by atoms with van der Waals surface area (Å²) in [7, 11) is -1.95. The number of aromatic nitrogens is 1. The number of fused-ring (bicyclic) bond motifs is 1. The monoisotopic (exact) mass is 452 g/mol. The number of methoxy groups -OCH3 is 1. The minimum absolute atomic E-state index is 0.0654. The van der Waals surface area contributed by atoms with Gasteiger partial charge in [-0.2, -0.15) is 4.31 Å². The van der Waals surface area contributed by atoms with Crippen LogP contribution in [0.25, 0.3) is 10.2 Å². The first-order valence-electron chi connectivity index (χ1n) is 9.25. The predicted molar refractivity (Wildman–Crippen MR) is 115 cm³/mol. The Labute approximate surface area is 179 Å². The molecule has 6 nitrogen and oxygen atoms in total. The molecule has 154 valence electrons. The molecule has 0 unspecified atom stereocenters. The molecule has 0 saturated carbocycles. The largest absolute Gasteiger partial charge is 0.497 e. The van der Waals surface area contributed by atoms with E-state index in [2.05, 4.69) is 4.98 Å². The molecule has 2 aromatic carbocycles. The highest BCUT2D eigenvalue weighted by Gasteiger charge is 2.31. The highest BCUT2D eigenvalue weighted by molar-refractivity contribution is 7.89. The summed E-state index contributed by atoms with van der Waals surface area (Å²) in [5, 5.41) is 1.05. The van der Waals surface area contributed by atoms with Gasteiger partial charge in [0.05, 0.1) is 22.2 Å². The van der Waals surface area contributed by atoms with Gasteiger partial charge in [0.2, 0.25) is 10.0 Å². The van der Waals surface area contributed by atoms with Crippen molar-refractivity contribution in [3.8, 4) is 10.9 Å². The summed E-state index contributed by atoms with van der Waals surface area (Å²) in [4.78, 5) is 4.79. The van der Waals surface area contributed by atoms with Gasteiger partial charge >= 0.3 is 0 Å². The van der Waals surface area contributed by atoms with E-state index in [1.807, 2.05) is 18.2 Å². The molecular weight excluding hydrogens is 432 g/mol. The summed E-state index contributed by atoms with van der Waals surface area (Å²) in [6.45, 7) is 2.53. The second-order valence-corrected chi connectivity index (χ2v) is 10.2. The first-order valence-corrected chi connectivity index (χ1v) is 11.9. The molecule has 0 amide bonds. The van der Waals surface area contributed by atoms with Gasteiger partial charge in [0, 0.05) is 24.2 Å². The van der Waals surface area contributed by atoms with Crippen LogP contribution in [0.1, 0.15) is 18.4 Å². The number of sulfonamides is 1. The van der Waals surface area contributed by atoms with Gasteiger partial charge in [-0.25, -0.2) is 13.4 Å². The molecular formula is C20H21ClN2O4S2. The summed E-state index contributed by atoms with van der Waals surface area (Å²) in [6, 6.07) is 10.7. The van der Waals surface area contributed by atoms with Crippen LogP contribution in [-0.2, 0) is 10.0 Å². The molecule has 0 radical (unpaired) electrons. The summed E-state index contributed by atoms with van der Waals surface area (Å²) < 4.78 is 39.8. The maximum absolute atomic E-state index is 13.0. The second-order valence-electron chi connectivity index (χ2n) is 6.90. The molecule has 1 aliphatic rings. The third-order valence-corrected chi connectivity index (χ3v) is 8.46. The Hall–Kier alpha value is -1.87. The van der Waals surface area contributed by atoms with Crippen molar-refractivity contribution in [2.75, 3.05) is 20.2 Å². The topological polar surface area (TPSA) is 68.7 Å². The molecule has 0 atom stereocenters. The quantitative estimate of drug-likeness (QED) is 0.570. The average molecular weight is 453 g/mol. The van der Waals surface area contributed by atoms with Crippen LogP contribution < -0.4 is 9.47 Å². The van der Waals surface area contributed by atoms with Gasteiger partial charge < -0.3 is 9.47 Å². The fraction of sp³-hybridized carbons (Fsp3) is 0.350. The lowest BCUT2D eigenvalue weighted by molar-refractivity contribution is 0.135. The lowest BCUT2D eigenvalue weighted by Crippen LogP contribution is -2.41. The minimum atomic E-state index is -3.57. The van der Waals surface area contributed by atoms with Crippen molar-refractivity contribution in [3.05, 3.63) is 47.0 Å². The number of halogens is 1. The average Bonchev–Trinajstić information content (AvgIpc) is 3.11. The Bertz CT molecular complexity index is 1140. The van der Waals surface area contributed by atoms with Gasteiger partial charge in [-0.1, -0.05) is 29.0 Å². The molecule has 4 rings (SSSR count). The fourth-order valence-electron chi connectivity index (χ4n) is 3.40. The summed E-state index contributed by atoms with van der Waals surface area (Å²) in [5.41, 5.74) is 1.42. The van der Waals surface area contributed by atoms with Crippen molar-refractivity contribution in [2.45, 2.75) is 30.8 Å². The van der Waals surface area contributed by atoms with E-state index >= 15 is 0 Å². The van der Waals surface area contributed by atoms with E-state index in [1.54, 1.807) is 32.2 Å². The van der Waals surface area contributed by atoms with Crippen molar-refractivity contribution in [1.29, 1.82) is 0 Å². The molecule has 9 heteroatoms. The first-order chi connectivity index (χ1) is 13.9. The lowest BCUT2D eigenvalue weighted by Gasteiger charge is -2.31. The Morgan fingerprint density at radius 1 is 1.21 bits per heavy atom. The smallest absolute Gasteiger partial charge is 0.274 e. The predicted octanol–water partition coefficient (Wildman–Crippen LogP) is 4.50. The number of ether oxygens (including phenoxy) is 2. The SMILES string of the molecule is COc1ccc2sc(OC3CCN(S(=O)(=O)c4cccc(Cl)c4C)CC3)nc2c1. The van der Waals surface area contributed by atoms with Gasteiger partial charge in [-0.15, -0.1) is 0 Å². The van der Waals surface area contributed by atoms with Gasteiger partial charge in [0.15, 0.2) is 0 Å². The van der Waals surface area contributed by atoms with Crippen molar-refractivity contribution < 1.29 is 17.9 Å². The Morgan fingerprint density at radius 3 is 2.69 bits per heavy atom. The number of hydrogen-bond donors (Lipinski definition) is 0. The van der Waals surface area contributed by atoms with E-state index in [1.165, 1.54) is 15.6 Å². The van der Waals surface area contributed by atoms with Gasteiger partial charge in [0.25, 0.3) is 5.19 Å². The number of rotatable bonds is 5. The van der Waals surface area contributed by atoms with Crippen LogP contribution in [0.3, 0.4) is 0 Å². The third kappa shape index (κ3) is 4.07. The van der Waals surface area contributed by atoms with Crippen LogP contribution in [0.4, 0.5) is 0 Å². The van der Waals surface area contributed by atoms with E-state index in [0.717, 1.165) is 16.0 Å². The van der Waals surface area contributed by atoms with Gasteiger partial charge in [0.1, 0.15) is 11.9 Å². The Morgan fingerprint density at radius 2 is 1.97 bits per heavy atom. The standard InChI is InChI=1S/C20H21ClN2O4S2/c1-13-16(21)4-3-5-19(13)29(24,25)23-10-8-14(9-11-23)27-20-22-17-12-15(26-2)6-7-18(17)28-20/h3-7,12,14H,8-11H2,1-2H3. The summed E-state index contributed by atoms with van der Waals surface area (Å²) in [6.07, 6.45) is 1.15. The molecule has 1 saturated heterocycles. The Kier molecular flexibility index (Phi) is 5.70. The number of thiazole rings is 1. The zero-order valence-corrected chi connectivity index (χ0v) is 18.5. The minimum Gasteiger partial charge on any atom is -0.497 e. The van der Waals surface area contributed by atoms with E-state index in [4.69, 9.17) is 21.1 Å². The molecule has 0 N–H and O–H groups in total. The fourth-order valence-corrected chi connectivity index (χ4v) is 6.21. The van der Waals surface area contributed by atoms with Crippen molar-refractivity contribution in [1.82, 2.24) is 9.29 Å². The molecule has 0 aliphatic carbocycles. The lowest BCUT2D eigenvalue weighted by atomic mass is 10.1. The first kappa shape index (κ1) is 20.4. The summed E-state index contributed by atoms with van der Waals surface area (Å²) >= 11 is 7.59. The van der Waals surface area contributed by atoms with E-state index < -0.39 is 10.0 Å². The highest BCUT2D eigenvalue weighted by atomic mass is 35.5. The normalized spacial score (nSPS) is 16.2. The van der Waals surface area contributed by atoms with Gasteiger partial charge in [-0.3, -0.25) is 0 Å². The molecule has 0 spiro atoms. The highest BCUT2D eigenvalue weighted by Crippen LogP contribution is 2.33. The number of hydrogen-bond acceptors (Lipinski definition) is 6. The number of benzene rings is 2. The van der Waals surface area contributed by atoms with Crippen LogP contribution in [0.5, 0.6) is 10.9 Å². The maximum atomic E-state index is 13.0. The Balaban J connectivity index is 1.43. The molecule has 29 heavy (non-hydrogen) atoms. The third-order valence-electron chi connectivity index (χ3n) is 5.08. The number of nitrogens with zero attached hydrogens (tertiary/aromatic N) is 2. The molecule has 3 aromatic rings. The summed E-state index contributed by atoms with van der Waals surface area (Å²) in [5.74, 6) is 0.754. The van der Waals surface area contributed by atoms with E-state index in [9.17, 15) is 8.42 Å². The van der Waals surface area contributed by atoms with Crippen molar-refractivity contribution in [2.24, 2.45) is 0 Å². The van der Waals surface area contributed by atoms with Crippen LogP contribution in [0.15, 0.2) is 41.3 Å². The van der Waals surface area contributed by atoms with Crippen LogP contribution in [0, 0.1) is 6.92 Å². The van der Waals surface area contributed by atoms with Crippen molar-refractivity contribution >= 4 is 43.2 Å². The molecule has 1 aromatic heterocycles. The van der Waals surface area contributed by atoms with Crippen LogP contribution >= 0.6 is 22.9 Å². The van der Waals surface area contributed by atoms with E-state index in [-0.39, 0.29) is 11.0 Å². The molecule has 1 fully saturated rings. The molecule has 2 heterocycles. The zero-order valence-electron chi connectivity index (χ0n) is 16.1. The maximum Gasteiger partial charge on any atom is 0.274 e. The van der Waals surface area contributed by atoms with Crippen LogP contribution in [0.2, 0.25) is 5.02 Å². The second kappa shape index (κ2) is 8.10. The molecule has 1 aliphatic heterocycles. The van der Waals surface area contributed by atoms with Crippen molar-refractivity contribution in [3.63, 3.8) is 0 Å².